The molecule has 76 valence electrons. The van der Waals surface area contributed by atoms with Gasteiger partial charge in [0.05, 0.1) is 0 Å². The molecule has 2 rings (SSSR count). The zero-order valence-corrected chi connectivity index (χ0v) is 9.39. The minimum atomic E-state index is 0.506. The third-order valence-electron chi connectivity index (χ3n) is 2.72. The van der Waals surface area contributed by atoms with Gasteiger partial charge in [-0.25, -0.2) is 0 Å². The molecular formula is C12H17NS. The summed E-state index contributed by atoms with van der Waals surface area (Å²) in [6.07, 6.45) is 8.28. The van der Waals surface area contributed by atoms with E-state index in [1.165, 1.54) is 24.1 Å². The second kappa shape index (κ2) is 4.76. The largest absolute Gasteiger partial charge is 0.306 e. The van der Waals surface area contributed by atoms with Crippen LogP contribution in [0.5, 0.6) is 0 Å². The lowest BCUT2D eigenvalue weighted by atomic mass is 10.0. The molecule has 0 radical (unpaired) electrons. The maximum Gasteiger partial charge on any atom is 0.0388 e. The quantitative estimate of drug-likeness (QED) is 0.748. The summed E-state index contributed by atoms with van der Waals surface area (Å²) in [5.74, 6) is 0. The Labute approximate surface area is 89.8 Å². The number of thiophene rings is 1. The first-order valence-electron chi connectivity index (χ1n) is 5.30. The predicted octanol–water partition coefficient (Wildman–Crippen LogP) is 3.51. The first-order chi connectivity index (χ1) is 6.86. The molecule has 0 saturated carbocycles. The van der Waals surface area contributed by atoms with E-state index in [1.807, 2.05) is 11.3 Å². The number of nitrogens with one attached hydrogen (secondary N) is 1. The van der Waals surface area contributed by atoms with Crippen LogP contribution in [0.15, 0.2) is 29.7 Å². The molecule has 0 amide bonds. The highest BCUT2D eigenvalue weighted by molar-refractivity contribution is 7.10. The van der Waals surface area contributed by atoms with Gasteiger partial charge in [0.15, 0.2) is 0 Å². The van der Waals surface area contributed by atoms with Crippen molar-refractivity contribution in [2.45, 2.75) is 38.3 Å². The summed E-state index contributed by atoms with van der Waals surface area (Å²) in [5.41, 5.74) is 0. The van der Waals surface area contributed by atoms with Crippen molar-refractivity contribution in [1.82, 2.24) is 5.32 Å². The number of allylic oxidation sites excluding steroid dienone is 1. The third kappa shape index (κ3) is 2.46. The Kier molecular flexibility index (Phi) is 3.38. The molecule has 1 aromatic heterocycles. The summed E-state index contributed by atoms with van der Waals surface area (Å²) < 4.78 is 0. The van der Waals surface area contributed by atoms with Crippen molar-refractivity contribution >= 4 is 11.3 Å². The van der Waals surface area contributed by atoms with Crippen LogP contribution in [0.25, 0.3) is 0 Å². The molecule has 0 spiro atoms. The molecule has 2 unspecified atom stereocenters. The summed E-state index contributed by atoms with van der Waals surface area (Å²) in [5, 5.41) is 5.83. The van der Waals surface area contributed by atoms with Crippen LogP contribution in [-0.4, -0.2) is 6.04 Å². The predicted molar refractivity (Wildman–Crippen MR) is 62.6 cm³/mol. The third-order valence-corrected chi connectivity index (χ3v) is 3.78. The van der Waals surface area contributed by atoms with Crippen LogP contribution in [-0.2, 0) is 0 Å². The van der Waals surface area contributed by atoms with Crippen LogP contribution < -0.4 is 5.32 Å². The average Bonchev–Trinajstić information content (AvgIpc) is 2.72. The fourth-order valence-corrected chi connectivity index (χ4v) is 2.66. The van der Waals surface area contributed by atoms with Crippen molar-refractivity contribution < 1.29 is 0 Å². The topological polar surface area (TPSA) is 12.0 Å². The smallest absolute Gasteiger partial charge is 0.0388 e. The molecule has 2 heteroatoms. The Balaban J connectivity index is 1.88. The van der Waals surface area contributed by atoms with E-state index < -0.39 is 0 Å². The van der Waals surface area contributed by atoms with Gasteiger partial charge >= 0.3 is 0 Å². The van der Waals surface area contributed by atoms with Crippen molar-refractivity contribution in [1.29, 1.82) is 0 Å². The van der Waals surface area contributed by atoms with Crippen LogP contribution in [0, 0.1) is 0 Å². The van der Waals surface area contributed by atoms with Crippen LogP contribution in [0.2, 0.25) is 0 Å². The lowest BCUT2D eigenvalue weighted by Gasteiger charge is -2.23. The number of hydrogen-bond donors (Lipinski definition) is 1. The summed E-state index contributed by atoms with van der Waals surface area (Å²) in [7, 11) is 0. The standard InChI is InChI=1S/C12H17NS/c1-10(12-8-5-9-14-12)13-11-6-3-2-4-7-11/h2-3,5,8-11,13H,4,6-7H2,1H3. The Morgan fingerprint density at radius 3 is 3.07 bits per heavy atom. The molecule has 1 aliphatic rings. The fraction of sp³-hybridized carbons (Fsp3) is 0.500. The molecule has 0 saturated heterocycles. The highest BCUT2D eigenvalue weighted by Gasteiger charge is 2.13. The van der Waals surface area contributed by atoms with Gasteiger partial charge in [-0.2, -0.15) is 0 Å². The SMILES string of the molecule is CC(NC1CC=CCC1)c1cccs1. The van der Waals surface area contributed by atoms with Gasteiger partial charge in [-0.1, -0.05) is 18.2 Å². The molecule has 0 bridgehead atoms. The molecule has 1 aromatic rings. The van der Waals surface area contributed by atoms with Gasteiger partial charge in [-0.05, 0) is 37.6 Å². The van der Waals surface area contributed by atoms with Gasteiger partial charge in [-0.3, -0.25) is 0 Å². The van der Waals surface area contributed by atoms with Gasteiger partial charge in [0.25, 0.3) is 0 Å². The summed E-state index contributed by atoms with van der Waals surface area (Å²) >= 11 is 1.84. The van der Waals surface area contributed by atoms with E-state index in [2.05, 4.69) is 41.9 Å². The first-order valence-corrected chi connectivity index (χ1v) is 6.18. The van der Waals surface area contributed by atoms with E-state index in [-0.39, 0.29) is 0 Å². The normalized spacial score (nSPS) is 23.6. The molecule has 14 heavy (non-hydrogen) atoms. The molecule has 1 N–H and O–H groups in total. The minimum absolute atomic E-state index is 0.506. The van der Waals surface area contributed by atoms with Crippen LogP contribution >= 0.6 is 11.3 Å². The van der Waals surface area contributed by atoms with Crippen LogP contribution in [0.4, 0.5) is 0 Å². The van der Waals surface area contributed by atoms with E-state index in [0.29, 0.717) is 12.1 Å². The van der Waals surface area contributed by atoms with Gasteiger partial charge in [0, 0.05) is 17.0 Å². The van der Waals surface area contributed by atoms with E-state index in [9.17, 15) is 0 Å². The van der Waals surface area contributed by atoms with E-state index in [0.717, 1.165) is 0 Å². The molecule has 0 fully saturated rings. The summed E-state index contributed by atoms with van der Waals surface area (Å²) in [4.78, 5) is 1.44. The van der Waals surface area contributed by atoms with E-state index in [4.69, 9.17) is 0 Å². The summed E-state index contributed by atoms with van der Waals surface area (Å²) in [6.45, 7) is 2.25. The average molecular weight is 207 g/mol. The van der Waals surface area contributed by atoms with E-state index >= 15 is 0 Å². The first kappa shape index (κ1) is 9.94. The van der Waals surface area contributed by atoms with Crippen LogP contribution in [0.1, 0.15) is 37.1 Å². The number of hydrogen-bond acceptors (Lipinski definition) is 2. The Morgan fingerprint density at radius 1 is 1.50 bits per heavy atom. The maximum atomic E-state index is 3.68. The van der Waals surface area contributed by atoms with E-state index in [1.54, 1.807) is 0 Å². The Hall–Kier alpha value is -0.600. The van der Waals surface area contributed by atoms with Crippen LogP contribution in [0.3, 0.4) is 0 Å². The molecule has 1 nitrogen and oxygen atoms in total. The second-order valence-electron chi connectivity index (χ2n) is 3.89. The van der Waals surface area contributed by atoms with Crippen molar-refractivity contribution in [2.75, 3.05) is 0 Å². The zero-order chi connectivity index (χ0) is 9.80. The summed E-state index contributed by atoms with van der Waals surface area (Å²) in [6, 6.07) is 5.52. The van der Waals surface area contributed by atoms with Gasteiger partial charge in [0.1, 0.15) is 0 Å². The molecule has 2 atom stereocenters. The second-order valence-corrected chi connectivity index (χ2v) is 4.86. The monoisotopic (exact) mass is 207 g/mol. The minimum Gasteiger partial charge on any atom is -0.306 e. The van der Waals surface area contributed by atoms with Crippen molar-refractivity contribution in [3.63, 3.8) is 0 Å². The fourth-order valence-electron chi connectivity index (χ4n) is 1.92. The maximum absolute atomic E-state index is 3.68. The Morgan fingerprint density at radius 2 is 2.43 bits per heavy atom. The highest BCUT2D eigenvalue weighted by Crippen LogP contribution is 2.21. The van der Waals surface area contributed by atoms with Gasteiger partial charge in [0.2, 0.25) is 0 Å². The van der Waals surface area contributed by atoms with Gasteiger partial charge in [-0.15, -0.1) is 11.3 Å². The van der Waals surface area contributed by atoms with Crippen molar-refractivity contribution in [3.05, 3.63) is 34.5 Å². The molecule has 0 aromatic carbocycles. The highest BCUT2D eigenvalue weighted by atomic mass is 32.1. The molecule has 1 aliphatic carbocycles. The lowest BCUT2D eigenvalue weighted by Crippen LogP contribution is -2.31. The van der Waals surface area contributed by atoms with Crippen molar-refractivity contribution in [2.24, 2.45) is 0 Å². The number of rotatable bonds is 3. The van der Waals surface area contributed by atoms with Gasteiger partial charge < -0.3 is 5.32 Å². The zero-order valence-electron chi connectivity index (χ0n) is 8.57. The molecule has 1 heterocycles. The van der Waals surface area contributed by atoms with Crippen molar-refractivity contribution in [3.8, 4) is 0 Å². The lowest BCUT2D eigenvalue weighted by molar-refractivity contribution is 0.429. The Bertz CT molecular complexity index is 289. The molecule has 0 aliphatic heterocycles. The molecular weight excluding hydrogens is 190 g/mol.